The molecule has 1 aliphatic heterocycles. The molecular formula is C21H17N5OS3. The van der Waals surface area contributed by atoms with E-state index in [2.05, 4.69) is 16.3 Å². The Morgan fingerprint density at radius 3 is 2.67 bits per heavy atom. The summed E-state index contributed by atoms with van der Waals surface area (Å²) >= 11 is 8.54. The molecule has 4 aromatic rings. The van der Waals surface area contributed by atoms with Crippen LogP contribution in [-0.2, 0) is 13.1 Å². The van der Waals surface area contributed by atoms with Gasteiger partial charge in [0.1, 0.15) is 9.71 Å². The molecule has 1 amide bonds. The fourth-order valence-electron chi connectivity index (χ4n) is 3.71. The van der Waals surface area contributed by atoms with Crippen LogP contribution in [0.1, 0.15) is 20.9 Å². The van der Waals surface area contributed by atoms with E-state index in [4.69, 9.17) is 28.7 Å². The lowest BCUT2D eigenvalue weighted by molar-refractivity contribution is 0.100. The molecule has 0 saturated carbocycles. The number of thiocarbonyl (C=S) groups is 1. The monoisotopic (exact) mass is 451 g/mol. The van der Waals surface area contributed by atoms with E-state index < -0.39 is 5.91 Å². The number of primary amides is 1. The lowest BCUT2D eigenvalue weighted by Gasteiger charge is -2.19. The van der Waals surface area contributed by atoms with Crippen LogP contribution in [-0.4, -0.2) is 20.9 Å². The van der Waals surface area contributed by atoms with Gasteiger partial charge >= 0.3 is 0 Å². The van der Waals surface area contributed by atoms with Gasteiger partial charge in [-0.3, -0.25) is 4.79 Å². The number of aromatic nitrogens is 1. The summed E-state index contributed by atoms with van der Waals surface area (Å²) in [6.07, 6.45) is 0. The van der Waals surface area contributed by atoms with Gasteiger partial charge in [-0.05, 0) is 35.8 Å². The lowest BCUT2D eigenvalue weighted by atomic mass is 10.0. The van der Waals surface area contributed by atoms with E-state index >= 15 is 0 Å². The van der Waals surface area contributed by atoms with Crippen LogP contribution in [0.15, 0.2) is 47.8 Å². The highest BCUT2D eigenvalue weighted by molar-refractivity contribution is 7.80. The zero-order valence-electron chi connectivity index (χ0n) is 15.7. The summed E-state index contributed by atoms with van der Waals surface area (Å²) in [7, 11) is 0. The number of nitrogen functional groups attached to an aromatic ring is 1. The van der Waals surface area contributed by atoms with Crippen molar-refractivity contribution in [3.63, 3.8) is 0 Å². The minimum atomic E-state index is -0.525. The summed E-state index contributed by atoms with van der Waals surface area (Å²) in [6.45, 7) is 1.21. The van der Waals surface area contributed by atoms with Crippen LogP contribution in [0, 0.1) is 0 Å². The van der Waals surface area contributed by atoms with Crippen molar-refractivity contribution >= 4 is 67.5 Å². The molecule has 150 valence electrons. The molecule has 0 unspecified atom stereocenters. The first-order valence-corrected chi connectivity index (χ1v) is 11.3. The van der Waals surface area contributed by atoms with Crippen molar-refractivity contribution in [2.24, 2.45) is 5.73 Å². The van der Waals surface area contributed by atoms with Crippen molar-refractivity contribution in [2.45, 2.75) is 13.1 Å². The number of nitrogens with one attached hydrogen (secondary N) is 1. The summed E-state index contributed by atoms with van der Waals surface area (Å²) < 4.78 is 0. The quantitative estimate of drug-likeness (QED) is 0.399. The molecule has 3 aromatic heterocycles. The minimum absolute atomic E-state index is 0.358. The van der Waals surface area contributed by atoms with Crippen molar-refractivity contribution in [2.75, 3.05) is 11.1 Å². The fraction of sp³-hybridized carbons (Fsp3) is 0.0952. The van der Waals surface area contributed by atoms with Crippen LogP contribution in [0.5, 0.6) is 0 Å². The second kappa shape index (κ2) is 7.35. The molecular weight excluding hydrogens is 434 g/mol. The lowest BCUT2D eigenvalue weighted by Crippen LogP contribution is -2.30. The van der Waals surface area contributed by atoms with Gasteiger partial charge in [0.25, 0.3) is 5.91 Å². The van der Waals surface area contributed by atoms with Gasteiger partial charge in [-0.2, -0.15) is 0 Å². The highest BCUT2D eigenvalue weighted by Gasteiger charge is 2.30. The fourth-order valence-corrected chi connectivity index (χ4v) is 5.74. The van der Waals surface area contributed by atoms with Crippen molar-refractivity contribution in [1.29, 1.82) is 0 Å². The maximum Gasteiger partial charge on any atom is 0.260 e. The maximum absolute atomic E-state index is 11.9. The van der Waals surface area contributed by atoms with Crippen molar-refractivity contribution in [3.8, 4) is 10.4 Å². The molecule has 0 radical (unpaired) electrons. The van der Waals surface area contributed by atoms with Crippen LogP contribution >= 0.6 is 34.9 Å². The Kier molecular flexibility index (Phi) is 4.65. The average molecular weight is 452 g/mol. The average Bonchev–Trinajstić information content (AvgIpc) is 3.46. The molecule has 1 aromatic carbocycles. The smallest absolute Gasteiger partial charge is 0.260 e. The van der Waals surface area contributed by atoms with E-state index in [1.807, 2.05) is 41.8 Å². The number of anilines is 2. The molecule has 0 saturated heterocycles. The molecule has 5 rings (SSSR count). The Morgan fingerprint density at radius 2 is 1.97 bits per heavy atom. The van der Waals surface area contributed by atoms with Gasteiger partial charge in [0.15, 0.2) is 5.11 Å². The Labute approximate surface area is 186 Å². The largest absolute Gasteiger partial charge is 0.397 e. The number of rotatable bonds is 3. The zero-order chi connectivity index (χ0) is 20.8. The Balaban J connectivity index is 1.59. The topological polar surface area (TPSA) is 97.3 Å². The molecule has 0 atom stereocenters. The number of amides is 1. The van der Waals surface area contributed by atoms with Crippen molar-refractivity contribution in [1.82, 2.24) is 9.88 Å². The summed E-state index contributed by atoms with van der Waals surface area (Å²) in [5.41, 5.74) is 16.3. The second-order valence-corrected chi connectivity index (χ2v) is 9.26. The first-order chi connectivity index (χ1) is 14.5. The van der Waals surface area contributed by atoms with E-state index in [9.17, 15) is 4.79 Å². The molecule has 5 N–H and O–H groups in total. The normalized spacial score (nSPS) is 12.9. The van der Waals surface area contributed by atoms with Gasteiger partial charge in [0.2, 0.25) is 0 Å². The number of nitrogens with two attached hydrogens (primary N) is 2. The van der Waals surface area contributed by atoms with Crippen LogP contribution in [0.25, 0.3) is 20.7 Å². The summed E-state index contributed by atoms with van der Waals surface area (Å²) in [5, 5.41) is 6.77. The minimum Gasteiger partial charge on any atom is -0.397 e. The Hall–Kier alpha value is -3.01. The second-order valence-electron chi connectivity index (χ2n) is 6.93. The number of benzene rings is 1. The third-order valence-electron chi connectivity index (χ3n) is 5.06. The van der Waals surface area contributed by atoms with Crippen LogP contribution in [0.3, 0.4) is 0 Å². The third kappa shape index (κ3) is 3.11. The number of hydrogen-bond donors (Lipinski definition) is 3. The highest BCUT2D eigenvalue weighted by Crippen LogP contribution is 2.45. The van der Waals surface area contributed by atoms with Gasteiger partial charge in [-0.15, -0.1) is 22.7 Å². The number of para-hydroxylation sites is 1. The first-order valence-electron chi connectivity index (χ1n) is 9.21. The molecule has 0 aliphatic carbocycles. The van der Waals surface area contributed by atoms with Crippen LogP contribution in [0.2, 0.25) is 0 Å². The number of hydrogen-bond acceptors (Lipinski definition) is 6. The van der Waals surface area contributed by atoms with E-state index in [1.165, 1.54) is 11.3 Å². The molecule has 0 spiro atoms. The zero-order valence-corrected chi connectivity index (χ0v) is 18.2. The number of nitrogens with zero attached hydrogens (tertiary/aromatic N) is 2. The maximum atomic E-state index is 11.9. The first kappa shape index (κ1) is 19.0. The van der Waals surface area contributed by atoms with E-state index in [0.29, 0.717) is 28.8 Å². The number of carbonyl (C=O) groups is 1. The summed E-state index contributed by atoms with van der Waals surface area (Å²) in [5.74, 6) is -0.525. The molecule has 0 bridgehead atoms. The summed E-state index contributed by atoms with van der Waals surface area (Å²) in [4.78, 5) is 21.0. The molecule has 0 fully saturated rings. The predicted molar refractivity (Wildman–Crippen MR) is 128 cm³/mol. The molecule has 4 heterocycles. The van der Waals surface area contributed by atoms with E-state index in [1.54, 1.807) is 11.3 Å². The predicted octanol–water partition coefficient (Wildman–Crippen LogP) is 4.42. The number of fused-ring (bicyclic) bond motifs is 2. The van der Waals surface area contributed by atoms with Crippen LogP contribution < -0.4 is 16.8 Å². The Morgan fingerprint density at radius 1 is 1.17 bits per heavy atom. The van der Waals surface area contributed by atoms with Gasteiger partial charge in [-0.1, -0.05) is 24.3 Å². The van der Waals surface area contributed by atoms with Gasteiger partial charge < -0.3 is 21.7 Å². The standard InChI is InChI=1S/C21H17N5OS3/c22-17-16-15(14-7-4-8-29-14)12-9-26(21(28)24-11-5-2-1-3-6-11)10-13(12)25-20(16)30-18(17)19(23)27/h1-8H,9-10,22H2,(H2,23,27)(H,24,28). The number of thiophene rings is 2. The SMILES string of the molecule is NC(=O)c1sc2nc3c(c(-c4cccs4)c2c1N)CN(C(=S)Nc1ccccc1)C3. The number of carbonyl (C=O) groups excluding carboxylic acids is 1. The van der Waals surface area contributed by atoms with Gasteiger partial charge in [0.05, 0.1) is 17.9 Å². The summed E-state index contributed by atoms with van der Waals surface area (Å²) in [6, 6.07) is 13.9. The van der Waals surface area contributed by atoms with Crippen LogP contribution in [0.4, 0.5) is 11.4 Å². The van der Waals surface area contributed by atoms with Gasteiger partial charge in [0, 0.05) is 33.6 Å². The van der Waals surface area contributed by atoms with Crippen molar-refractivity contribution in [3.05, 3.63) is 64.0 Å². The third-order valence-corrected chi connectivity index (χ3v) is 7.42. The van der Waals surface area contributed by atoms with Crippen molar-refractivity contribution < 1.29 is 4.79 Å². The van der Waals surface area contributed by atoms with Gasteiger partial charge in [-0.25, -0.2) is 4.98 Å². The Bertz CT molecular complexity index is 1280. The molecule has 6 nitrogen and oxygen atoms in total. The van der Waals surface area contributed by atoms with E-state index in [-0.39, 0.29) is 0 Å². The molecule has 30 heavy (non-hydrogen) atoms. The number of pyridine rings is 1. The highest BCUT2D eigenvalue weighted by atomic mass is 32.1. The molecule has 1 aliphatic rings. The van der Waals surface area contributed by atoms with E-state index in [0.717, 1.165) is 37.6 Å². The molecule has 9 heteroatoms.